The lowest BCUT2D eigenvalue weighted by molar-refractivity contribution is -0.00982. The third-order valence-electron chi connectivity index (χ3n) is 2.39. The molecule has 0 aliphatic carbocycles. The van der Waals surface area contributed by atoms with Gasteiger partial charge >= 0.3 is 6.09 Å². The van der Waals surface area contributed by atoms with Crippen LogP contribution in [0.5, 0.6) is 0 Å². The summed E-state index contributed by atoms with van der Waals surface area (Å²) in [5.74, 6) is -0.281. The van der Waals surface area contributed by atoms with Crippen molar-refractivity contribution in [1.82, 2.24) is 4.90 Å². The molecule has 0 aromatic rings. The highest BCUT2D eigenvalue weighted by Crippen LogP contribution is 2.19. The van der Waals surface area contributed by atoms with Crippen molar-refractivity contribution in [3.63, 3.8) is 0 Å². The Bertz CT molecular complexity index is 252. The number of halogens is 1. The van der Waals surface area contributed by atoms with Crippen LogP contribution in [0.15, 0.2) is 0 Å². The van der Waals surface area contributed by atoms with Crippen LogP contribution < -0.4 is 0 Å². The summed E-state index contributed by atoms with van der Waals surface area (Å²) in [6.45, 7) is 5.36. The quantitative estimate of drug-likeness (QED) is 0.748. The van der Waals surface area contributed by atoms with Gasteiger partial charge in [-0.25, -0.2) is 4.79 Å². The highest BCUT2D eigenvalue weighted by atomic mass is 19.1. The Morgan fingerprint density at radius 3 is 2.62 bits per heavy atom. The van der Waals surface area contributed by atoms with Crippen molar-refractivity contribution in [3.8, 4) is 0 Å². The Balaban J connectivity index is 2.55. The van der Waals surface area contributed by atoms with Gasteiger partial charge in [0.2, 0.25) is 0 Å². The van der Waals surface area contributed by atoms with E-state index in [0.29, 0.717) is 13.0 Å². The monoisotopic (exact) mass is 233 g/mol. The van der Waals surface area contributed by atoms with Gasteiger partial charge in [-0.2, -0.15) is 0 Å². The number of carbonyl (C=O) groups is 1. The molecule has 1 rings (SSSR count). The number of aliphatic hydroxyl groups excluding tert-OH is 1. The fourth-order valence-corrected chi connectivity index (χ4v) is 1.76. The highest BCUT2D eigenvalue weighted by molar-refractivity contribution is 5.68. The second-order valence-electron chi connectivity index (χ2n) is 5.30. The number of amides is 1. The van der Waals surface area contributed by atoms with Crippen LogP contribution in [0.2, 0.25) is 0 Å². The van der Waals surface area contributed by atoms with Gasteiger partial charge in [0.05, 0.1) is 12.8 Å². The molecule has 1 aliphatic heterocycles. The summed E-state index contributed by atoms with van der Waals surface area (Å²) in [6, 6.07) is 0. The third kappa shape index (κ3) is 3.96. The number of ether oxygens (including phenoxy) is 1. The van der Waals surface area contributed by atoms with Crippen molar-refractivity contribution < 1.29 is 19.0 Å². The van der Waals surface area contributed by atoms with E-state index in [1.165, 1.54) is 4.90 Å². The molecule has 1 saturated heterocycles. The Labute approximate surface area is 95.4 Å². The average molecular weight is 233 g/mol. The zero-order valence-electron chi connectivity index (χ0n) is 10.1. The smallest absolute Gasteiger partial charge is 0.410 e. The second-order valence-corrected chi connectivity index (χ2v) is 5.30. The fraction of sp³-hybridized carbons (Fsp3) is 0.909. The molecule has 4 nitrogen and oxygen atoms in total. The van der Waals surface area contributed by atoms with Crippen LogP contribution in [-0.2, 0) is 4.74 Å². The van der Waals surface area contributed by atoms with Gasteiger partial charge in [-0.3, -0.25) is 4.39 Å². The van der Waals surface area contributed by atoms with Crippen molar-refractivity contribution in [2.75, 3.05) is 19.8 Å². The molecule has 94 valence electrons. The van der Waals surface area contributed by atoms with E-state index in [9.17, 15) is 14.3 Å². The van der Waals surface area contributed by atoms with Crippen molar-refractivity contribution in [1.29, 1.82) is 0 Å². The molecule has 0 spiro atoms. The standard InChI is InChI=1S/C11H20FNO3/c1-11(2,3)16-10(15)13-6-8(5-12)4-9(14)7-13/h8-9,14H,4-7H2,1-3H3. The molecule has 16 heavy (non-hydrogen) atoms. The number of rotatable bonds is 1. The molecule has 1 fully saturated rings. The summed E-state index contributed by atoms with van der Waals surface area (Å²) >= 11 is 0. The van der Waals surface area contributed by atoms with Gasteiger partial charge in [-0.15, -0.1) is 0 Å². The lowest BCUT2D eigenvalue weighted by atomic mass is 9.98. The van der Waals surface area contributed by atoms with E-state index in [1.54, 1.807) is 20.8 Å². The summed E-state index contributed by atoms with van der Waals surface area (Å²) in [7, 11) is 0. The van der Waals surface area contributed by atoms with Gasteiger partial charge in [-0.05, 0) is 27.2 Å². The summed E-state index contributed by atoms with van der Waals surface area (Å²) in [5.41, 5.74) is -0.565. The van der Waals surface area contributed by atoms with Crippen LogP contribution in [0.4, 0.5) is 9.18 Å². The number of aliphatic hydroxyl groups is 1. The zero-order chi connectivity index (χ0) is 12.3. The van der Waals surface area contributed by atoms with Crippen LogP contribution in [0.3, 0.4) is 0 Å². The van der Waals surface area contributed by atoms with Gasteiger partial charge in [0.25, 0.3) is 0 Å². The Morgan fingerprint density at radius 2 is 2.12 bits per heavy atom. The van der Waals surface area contributed by atoms with Crippen molar-refractivity contribution >= 4 is 6.09 Å². The molecule has 2 unspecified atom stereocenters. The minimum atomic E-state index is -0.651. The predicted molar refractivity (Wildman–Crippen MR) is 57.9 cm³/mol. The fourth-order valence-electron chi connectivity index (χ4n) is 1.76. The average Bonchev–Trinajstić information content (AvgIpc) is 2.14. The first kappa shape index (κ1) is 13.2. The van der Waals surface area contributed by atoms with Crippen LogP contribution in [0.1, 0.15) is 27.2 Å². The first-order valence-electron chi connectivity index (χ1n) is 5.54. The third-order valence-corrected chi connectivity index (χ3v) is 2.39. The summed E-state index contributed by atoms with van der Waals surface area (Å²) in [6.07, 6.45) is -0.720. The maximum Gasteiger partial charge on any atom is 0.410 e. The van der Waals surface area contributed by atoms with Gasteiger partial charge in [-0.1, -0.05) is 0 Å². The van der Waals surface area contributed by atoms with E-state index in [1.807, 2.05) is 0 Å². The minimum Gasteiger partial charge on any atom is -0.444 e. The molecule has 0 aromatic carbocycles. The maximum absolute atomic E-state index is 12.5. The van der Waals surface area contributed by atoms with Gasteiger partial charge in [0, 0.05) is 19.0 Å². The van der Waals surface area contributed by atoms with Crippen LogP contribution in [0.25, 0.3) is 0 Å². The topological polar surface area (TPSA) is 49.8 Å². The van der Waals surface area contributed by atoms with Crippen LogP contribution >= 0.6 is 0 Å². The second kappa shape index (κ2) is 4.99. The highest BCUT2D eigenvalue weighted by Gasteiger charge is 2.31. The number of nitrogens with zero attached hydrogens (tertiary/aromatic N) is 1. The normalized spacial score (nSPS) is 26.7. The van der Waals surface area contributed by atoms with Crippen LogP contribution in [-0.4, -0.2) is 47.6 Å². The molecule has 0 bridgehead atoms. The molecule has 1 amide bonds. The molecule has 0 saturated carbocycles. The van der Waals surface area contributed by atoms with Gasteiger partial charge < -0.3 is 14.7 Å². The molecule has 0 radical (unpaired) electrons. The number of carbonyl (C=O) groups excluding carboxylic acids is 1. The largest absolute Gasteiger partial charge is 0.444 e. The van der Waals surface area contributed by atoms with Crippen molar-refractivity contribution in [3.05, 3.63) is 0 Å². The summed E-state index contributed by atoms with van der Waals surface area (Å²) in [4.78, 5) is 13.1. The molecule has 1 N–H and O–H groups in total. The molecule has 1 heterocycles. The van der Waals surface area contributed by atoms with Crippen LogP contribution in [0, 0.1) is 5.92 Å². The van der Waals surface area contributed by atoms with Crippen molar-refractivity contribution in [2.24, 2.45) is 5.92 Å². The molecule has 1 aliphatic rings. The summed E-state index contributed by atoms with van der Waals surface area (Å²) < 4.78 is 17.7. The van der Waals surface area contributed by atoms with Gasteiger partial charge in [0.1, 0.15) is 5.60 Å². The van der Waals surface area contributed by atoms with E-state index in [2.05, 4.69) is 0 Å². The number of hydrogen-bond acceptors (Lipinski definition) is 3. The minimum absolute atomic E-state index is 0.228. The summed E-state index contributed by atoms with van der Waals surface area (Å²) in [5, 5.41) is 9.51. The Morgan fingerprint density at radius 1 is 1.50 bits per heavy atom. The number of likely N-dealkylation sites (tertiary alicyclic amines) is 1. The van der Waals surface area contributed by atoms with E-state index in [4.69, 9.17) is 4.74 Å². The first-order chi connectivity index (χ1) is 7.31. The molecular weight excluding hydrogens is 213 g/mol. The SMILES string of the molecule is CC(C)(C)OC(=O)N1CC(O)CC(CF)C1. The van der Waals surface area contributed by atoms with Gasteiger partial charge in [0.15, 0.2) is 0 Å². The van der Waals surface area contributed by atoms with E-state index >= 15 is 0 Å². The first-order valence-corrected chi connectivity index (χ1v) is 5.54. The van der Waals surface area contributed by atoms with Crippen molar-refractivity contribution in [2.45, 2.75) is 38.9 Å². The predicted octanol–water partition coefficient (Wildman–Crippen LogP) is 1.57. The lowest BCUT2D eigenvalue weighted by Crippen LogP contribution is -2.48. The number of hydrogen-bond donors (Lipinski definition) is 1. The maximum atomic E-state index is 12.5. The van der Waals surface area contributed by atoms with E-state index in [0.717, 1.165) is 0 Å². The number of piperidine rings is 1. The number of alkyl halides is 1. The zero-order valence-corrected chi connectivity index (χ0v) is 10.1. The molecule has 2 atom stereocenters. The molecular formula is C11H20FNO3. The molecule has 0 aromatic heterocycles. The molecule has 5 heteroatoms. The van der Waals surface area contributed by atoms with E-state index < -0.39 is 24.5 Å². The van der Waals surface area contributed by atoms with E-state index in [-0.39, 0.29) is 12.5 Å². The Hall–Kier alpha value is -0.840. The lowest BCUT2D eigenvalue weighted by Gasteiger charge is -2.35. The number of β-amino-alcohol motifs (C(OH)–C–C–N with tert-alkyl or cyclic N) is 1. The Kier molecular flexibility index (Phi) is 4.13.